The molecular weight excluding hydrogens is 462 g/mol. The van der Waals surface area contributed by atoms with Gasteiger partial charge in [-0.1, -0.05) is 84.9 Å². The Morgan fingerprint density at radius 2 is 1.35 bits per heavy atom. The molecule has 6 heteroatoms. The first-order chi connectivity index (χ1) is 18.0. The van der Waals surface area contributed by atoms with E-state index in [1.54, 1.807) is 12.4 Å². The first-order valence-electron chi connectivity index (χ1n) is 12.5. The highest BCUT2D eigenvalue weighted by Gasteiger charge is 2.28. The number of pyridine rings is 1. The molecule has 0 spiro atoms. The van der Waals surface area contributed by atoms with Crippen LogP contribution in [0.2, 0.25) is 0 Å². The highest BCUT2D eigenvalue weighted by Crippen LogP contribution is 2.27. The Bertz CT molecular complexity index is 1240. The molecule has 0 aliphatic rings. The summed E-state index contributed by atoms with van der Waals surface area (Å²) in [6, 6.07) is 30.9. The fourth-order valence-electron chi connectivity index (χ4n) is 4.77. The quantitative estimate of drug-likeness (QED) is 0.233. The maximum absolute atomic E-state index is 11.6. The molecular formula is C31H33N3O3. The van der Waals surface area contributed by atoms with Crippen LogP contribution in [0.1, 0.15) is 29.0 Å². The number of nitrogens with zero attached hydrogens (tertiary/aromatic N) is 1. The lowest BCUT2D eigenvalue weighted by atomic mass is 9.82. The molecule has 0 aliphatic heterocycles. The molecule has 0 bridgehead atoms. The molecule has 4 atom stereocenters. The molecule has 1 amide bonds. The maximum Gasteiger partial charge on any atom is 0.404 e. The van der Waals surface area contributed by atoms with Crippen molar-refractivity contribution in [2.45, 2.75) is 43.4 Å². The third-order valence-corrected chi connectivity index (χ3v) is 6.75. The monoisotopic (exact) mass is 495 g/mol. The number of nitrogens with one attached hydrogen (secondary N) is 1. The van der Waals surface area contributed by atoms with Crippen LogP contribution in [0.3, 0.4) is 0 Å². The van der Waals surface area contributed by atoms with E-state index in [9.17, 15) is 15.0 Å². The van der Waals surface area contributed by atoms with E-state index in [0.29, 0.717) is 6.42 Å². The summed E-state index contributed by atoms with van der Waals surface area (Å²) in [4.78, 5) is 15.6. The maximum atomic E-state index is 11.6. The van der Waals surface area contributed by atoms with Crippen LogP contribution in [-0.4, -0.2) is 39.5 Å². The van der Waals surface area contributed by atoms with Crippen molar-refractivity contribution in [3.05, 3.63) is 126 Å². The second kappa shape index (κ2) is 12.8. The van der Waals surface area contributed by atoms with E-state index in [1.807, 2.05) is 72.8 Å². The van der Waals surface area contributed by atoms with Gasteiger partial charge < -0.3 is 21.3 Å². The minimum atomic E-state index is -1.17. The van der Waals surface area contributed by atoms with E-state index in [2.05, 4.69) is 34.6 Å². The number of amides is 1. The molecule has 1 heterocycles. The van der Waals surface area contributed by atoms with Gasteiger partial charge in [0.15, 0.2) is 0 Å². The van der Waals surface area contributed by atoms with E-state index in [0.717, 1.165) is 34.2 Å². The number of rotatable bonds is 11. The predicted octanol–water partition coefficient (Wildman–Crippen LogP) is 5.03. The van der Waals surface area contributed by atoms with Gasteiger partial charge in [-0.25, -0.2) is 4.79 Å². The van der Waals surface area contributed by atoms with Crippen LogP contribution in [0.25, 0.3) is 11.1 Å². The van der Waals surface area contributed by atoms with E-state index in [-0.39, 0.29) is 18.4 Å². The Labute approximate surface area is 217 Å². The number of benzene rings is 3. The Morgan fingerprint density at radius 3 is 1.97 bits per heavy atom. The summed E-state index contributed by atoms with van der Waals surface area (Å²) in [5, 5.41) is 23.1. The lowest BCUT2D eigenvalue weighted by molar-refractivity contribution is 0.102. The van der Waals surface area contributed by atoms with Gasteiger partial charge in [0, 0.05) is 24.4 Å². The van der Waals surface area contributed by atoms with Gasteiger partial charge in [0.2, 0.25) is 0 Å². The highest BCUT2D eigenvalue weighted by atomic mass is 16.4. The first-order valence-corrected chi connectivity index (χ1v) is 12.5. The molecule has 0 fully saturated rings. The van der Waals surface area contributed by atoms with Gasteiger partial charge >= 0.3 is 6.09 Å². The summed E-state index contributed by atoms with van der Waals surface area (Å²) in [6.45, 7) is 0. The van der Waals surface area contributed by atoms with Crippen molar-refractivity contribution in [3.8, 4) is 11.1 Å². The van der Waals surface area contributed by atoms with Crippen molar-refractivity contribution in [1.82, 2.24) is 10.3 Å². The van der Waals surface area contributed by atoms with Gasteiger partial charge in [-0.3, -0.25) is 4.98 Å². The molecule has 3 aromatic carbocycles. The predicted molar refractivity (Wildman–Crippen MR) is 146 cm³/mol. The van der Waals surface area contributed by atoms with Gasteiger partial charge in [-0.05, 0) is 59.2 Å². The van der Waals surface area contributed by atoms with Gasteiger partial charge in [0.05, 0.1) is 12.1 Å². The molecule has 0 saturated heterocycles. The molecule has 190 valence electrons. The number of aromatic nitrogens is 1. The molecule has 1 aromatic heterocycles. The van der Waals surface area contributed by atoms with E-state index in [4.69, 9.17) is 5.73 Å². The fourth-order valence-corrected chi connectivity index (χ4v) is 4.77. The molecule has 0 saturated carbocycles. The fraction of sp³-hybridized carbons (Fsp3) is 0.226. The van der Waals surface area contributed by atoms with Gasteiger partial charge in [0.25, 0.3) is 0 Å². The zero-order chi connectivity index (χ0) is 26.0. The van der Waals surface area contributed by atoms with Crippen LogP contribution in [-0.2, 0) is 12.8 Å². The summed E-state index contributed by atoms with van der Waals surface area (Å²) < 4.78 is 0. The molecule has 5 N–H and O–H groups in total. The average Bonchev–Trinajstić information content (AvgIpc) is 2.93. The zero-order valence-electron chi connectivity index (χ0n) is 20.7. The second-order valence-corrected chi connectivity index (χ2v) is 9.37. The SMILES string of the molecule is N[C@@H](C[C@@H](O)[C@H](Cc1ccc(-c2ccncc2)cc1)NC(=O)O)C(Cc1ccccc1)c1ccccc1. The number of carboxylic acid groups (broad SMARTS) is 1. The Balaban J connectivity index is 1.48. The van der Waals surface area contributed by atoms with Crippen molar-refractivity contribution < 1.29 is 15.0 Å². The Kier molecular flexibility index (Phi) is 9.03. The molecule has 1 unspecified atom stereocenters. The van der Waals surface area contributed by atoms with Gasteiger partial charge in [-0.2, -0.15) is 0 Å². The molecule has 6 nitrogen and oxygen atoms in total. The number of carbonyl (C=O) groups is 1. The Hall–Kier alpha value is -4.00. The lowest BCUT2D eigenvalue weighted by Crippen LogP contribution is -2.47. The third-order valence-electron chi connectivity index (χ3n) is 6.75. The largest absolute Gasteiger partial charge is 0.465 e. The summed E-state index contributed by atoms with van der Waals surface area (Å²) in [5.41, 5.74) is 12.0. The Morgan fingerprint density at radius 1 is 0.784 bits per heavy atom. The average molecular weight is 496 g/mol. The standard InChI is InChI=1S/C31H33N3O3/c32-28(27(26-9-5-2-6-10-26)19-22-7-3-1-4-8-22)21-30(35)29(34-31(36)37)20-23-11-13-24(14-12-23)25-15-17-33-18-16-25/h1-18,27-30,34-35H,19-21,32H2,(H,36,37)/t27?,28-,29-,30+/m0/s1. The minimum absolute atomic E-state index is 0.0247. The van der Waals surface area contributed by atoms with Crippen molar-refractivity contribution >= 4 is 6.09 Å². The van der Waals surface area contributed by atoms with Crippen LogP contribution >= 0.6 is 0 Å². The van der Waals surface area contributed by atoms with Crippen LogP contribution < -0.4 is 11.1 Å². The van der Waals surface area contributed by atoms with Crippen LogP contribution in [0.15, 0.2) is 109 Å². The minimum Gasteiger partial charge on any atom is -0.465 e. The highest BCUT2D eigenvalue weighted by molar-refractivity contribution is 5.65. The lowest BCUT2D eigenvalue weighted by Gasteiger charge is -2.30. The number of hydrogen-bond acceptors (Lipinski definition) is 4. The number of aliphatic hydroxyl groups is 1. The summed E-state index contributed by atoms with van der Waals surface area (Å²) in [7, 11) is 0. The van der Waals surface area contributed by atoms with Gasteiger partial charge in [0.1, 0.15) is 0 Å². The van der Waals surface area contributed by atoms with Crippen molar-refractivity contribution in [2.75, 3.05) is 0 Å². The summed E-state index contributed by atoms with van der Waals surface area (Å²) >= 11 is 0. The smallest absolute Gasteiger partial charge is 0.404 e. The number of aliphatic hydroxyl groups excluding tert-OH is 1. The van der Waals surface area contributed by atoms with Crippen molar-refractivity contribution in [2.24, 2.45) is 5.73 Å². The van der Waals surface area contributed by atoms with E-state index >= 15 is 0 Å². The number of nitrogens with two attached hydrogens (primary N) is 1. The van der Waals surface area contributed by atoms with Crippen molar-refractivity contribution in [3.63, 3.8) is 0 Å². The second-order valence-electron chi connectivity index (χ2n) is 9.37. The van der Waals surface area contributed by atoms with Gasteiger partial charge in [-0.15, -0.1) is 0 Å². The van der Waals surface area contributed by atoms with E-state index < -0.39 is 18.2 Å². The molecule has 37 heavy (non-hydrogen) atoms. The molecule has 0 aliphatic carbocycles. The zero-order valence-corrected chi connectivity index (χ0v) is 20.7. The molecule has 0 radical (unpaired) electrons. The topological polar surface area (TPSA) is 108 Å². The third kappa shape index (κ3) is 7.49. The van der Waals surface area contributed by atoms with Crippen molar-refractivity contribution in [1.29, 1.82) is 0 Å². The normalized spacial score (nSPS) is 14.3. The molecule has 4 rings (SSSR count). The van der Waals surface area contributed by atoms with Crippen LogP contribution in [0.4, 0.5) is 4.79 Å². The first kappa shape index (κ1) is 26.1. The summed E-state index contributed by atoms with van der Waals surface area (Å²) in [6.07, 6.45) is 2.71. The molecule has 4 aromatic rings. The van der Waals surface area contributed by atoms with Crippen LogP contribution in [0, 0.1) is 0 Å². The number of hydrogen-bond donors (Lipinski definition) is 4. The van der Waals surface area contributed by atoms with Crippen LogP contribution in [0.5, 0.6) is 0 Å². The van der Waals surface area contributed by atoms with E-state index in [1.165, 1.54) is 0 Å². The summed E-state index contributed by atoms with van der Waals surface area (Å²) in [5.74, 6) is -0.0247.